The van der Waals surface area contributed by atoms with Gasteiger partial charge in [0, 0.05) is 31.2 Å². The molecule has 2 aliphatic rings. The molecule has 1 unspecified atom stereocenters. The minimum absolute atomic E-state index is 0.144. The molecule has 0 bridgehead atoms. The van der Waals surface area contributed by atoms with Gasteiger partial charge in [-0.1, -0.05) is 20.8 Å². The minimum Gasteiger partial charge on any atom is -0.356 e. The molecule has 1 N–H and O–H groups in total. The highest BCUT2D eigenvalue weighted by atomic mass is 16.2. The Morgan fingerprint density at radius 3 is 2.39 bits per heavy atom. The van der Waals surface area contributed by atoms with E-state index < -0.39 is 0 Å². The lowest BCUT2D eigenvalue weighted by Gasteiger charge is -2.26. The summed E-state index contributed by atoms with van der Waals surface area (Å²) >= 11 is 0. The van der Waals surface area contributed by atoms with Crippen molar-refractivity contribution in [3.8, 4) is 0 Å². The van der Waals surface area contributed by atoms with E-state index in [0.717, 1.165) is 25.7 Å². The first kappa shape index (κ1) is 17.7. The second-order valence-corrected chi connectivity index (χ2v) is 7.73. The standard InChI is InChI=1S/C18H28N2O3/c1-18(2,3)14-7-6-13(12-14)17(23)19-10-4-5-11-20-15(21)8-9-16(20)22/h8-9,13-14H,4-7,10-12H2,1-3H3,(H,19,23)/t13?,14-/m0/s1. The Morgan fingerprint density at radius 1 is 1.17 bits per heavy atom. The molecule has 5 heteroatoms. The van der Waals surface area contributed by atoms with E-state index in [4.69, 9.17) is 0 Å². The molecule has 0 saturated heterocycles. The monoisotopic (exact) mass is 320 g/mol. The lowest BCUT2D eigenvalue weighted by Crippen LogP contribution is -2.33. The molecule has 0 aromatic carbocycles. The van der Waals surface area contributed by atoms with Gasteiger partial charge in [0.25, 0.3) is 11.8 Å². The Morgan fingerprint density at radius 2 is 1.83 bits per heavy atom. The first-order chi connectivity index (χ1) is 10.8. The van der Waals surface area contributed by atoms with Crippen LogP contribution in [-0.4, -0.2) is 35.7 Å². The van der Waals surface area contributed by atoms with Gasteiger partial charge in [0.2, 0.25) is 5.91 Å². The Hall–Kier alpha value is -1.65. The highest BCUT2D eigenvalue weighted by Gasteiger charge is 2.35. The Labute approximate surface area is 138 Å². The fourth-order valence-electron chi connectivity index (χ4n) is 3.41. The maximum Gasteiger partial charge on any atom is 0.253 e. The molecule has 0 aromatic rings. The van der Waals surface area contributed by atoms with Crippen molar-refractivity contribution in [2.24, 2.45) is 17.3 Å². The third-order valence-corrected chi connectivity index (χ3v) is 5.04. The topological polar surface area (TPSA) is 66.5 Å². The molecule has 1 aliphatic heterocycles. The van der Waals surface area contributed by atoms with Crippen molar-refractivity contribution in [1.29, 1.82) is 0 Å². The number of unbranched alkanes of at least 4 members (excludes halogenated alkanes) is 1. The third-order valence-electron chi connectivity index (χ3n) is 5.04. The summed E-state index contributed by atoms with van der Waals surface area (Å²) in [6, 6.07) is 0. The van der Waals surface area contributed by atoms with Crippen LogP contribution in [0.2, 0.25) is 0 Å². The molecule has 1 heterocycles. The maximum absolute atomic E-state index is 12.2. The molecular weight excluding hydrogens is 292 g/mol. The number of imide groups is 1. The van der Waals surface area contributed by atoms with Crippen LogP contribution in [0.5, 0.6) is 0 Å². The summed E-state index contributed by atoms with van der Waals surface area (Å²) in [5.41, 5.74) is 0.276. The first-order valence-corrected chi connectivity index (χ1v) is 8.60. The van der Waals surface area contributed by atoms with Crippen LogP contribution < -0.4 is 5.32 Å². The fraction of sp³-hybridized carbons (Fsp3) is 0.722. The van der Waals surface area contributed by atoms with E-state index in [-0.39, 0.29) is 29.1 Å². The maximum atomic E-state index is 12.2. The van der Waals surface area contributed by atoms with E-state index in [2.05, 4.69) is 26.1 Å². The quantitative estimate of drug-likeness (QED) is 0.603. The van der Waals surface area contributed by atoms with Crippen molar-refractivity contribution in [3.05, 3.63) is 12.2 Å². The number of nitrogens with zero attached hydrogens (tertiary/aromatic N) is 1. The van der Waals surface area contributed by atoms with Crippen LogP contribution in [0, 0.1) is 17.3 Å². The largest absolute Gasteiger partial charge is 0.356 e. The summed E-state index contributed by atoms with van der Waals surface area (Å²) in [4.78, 5) is 36.2. The van der Waals surface area contributed by atoms with Crippen molar-refractivity contribution in [2.45, 2.75) is 52.9 Å². The third kappa shape index (κ3) is 4.66. The summed E-state index contributed by atoms with van der Waals surface area (Å²) < 4.78 is 0. The van der Waals surface area contributed by atoms with Crippen molar-refractivity contribution < 1.29 is 14.4 Å². The van der Waals surface area contributed by atoms with Crippen molar-refractivity contribution in [1.82, 2.24) is 10.2 Å². The number of hydrogen-bond acceptors (Lipinski definition) is 3. The number of carbonyl (C=O) groups is 3. The van der Waals surface area contributed by atoms with E-state index in [1.807, 2.05) is 0 Å². The summed E-state index contributed by atoms with van der Waals surface area (Å²) in [6.07, 6.45) is 7.19. The van der Waals surface area contributed by atoms with Crippen LogP contribution in [0.3, 0.4) is 0 Å². The van der Waals surface area contributed by atoms with Gasteiger partial charge >= 0.3 is 0 Å². The predicted molar refractivity (Wildman–Crippen MR) is 88.4 cm³/mol. The molecule has 0 radical (unpaired) electrons. The van der Waals surface area contributed by atoms with Crippen LogP contribution in [-0.2, 0) is 14.4 Å². The lowest BCUT2D eigenvalue weighted by atomic mass is 9.79. The summed E-state index contributed by atoms with van der Waals surface area (Å²) in [5.74, 6) is 0.450. The normalized spacial score (nSPS) is 24.6. The van der Waals surface area contributed by atoms with Crippen LogP contribution in [0.15, 0.2) is 12.2 Å². The predicted octanol–water partition coefficient (Wildman–Crippen LogP) is 2.27. The van der Waals surface area contributed by atoms with E-state index in [1.165, 1.54) is 17.1 Å². The number of hydrogen-bond donors (Lipinski definition) is 1. The van der Waals surface area contributed by atoms with E-state index in [9.17, 15) is 14.4 Å². The zero-order valence-corrected chi connectivity index (χ0v) is 14.4. The van der Waals surface area contributed by atoms with Gasteiger partial charge in [-0.3, -0.25) is 19.3 Å². The SMILES string of the molecule is CC(C)(C)[C@H]1CCC(C(=O)NCCCCN2C(=O)C=CC2=O)C1. The number of carbonyl (C=O) groups excluding carboxylic acids is 3. The van der Waals surface area contributed by atoms with E-state index >= 15 is 0 Å². The molecule has 0 aromatic heterocycles. The average molecular weight is 320 g/mol. The molecule has 2 rings (SSSR count). The summed E-state index contributed by atoms with van der Waals surface area (Å²) in [6.45, 7) is 7.77. The Kier molecular flexibility index (Phi) is 5.60. The number of rotatable bonds is 6. The van der Waals surface area contributed by atoms with E-state index in [1.54, 1.807) is 0 Å². The van der Waals surface area contributed by atoms with Crippen molar-refractivity contribution >= 4 is 17.7 Å². The second-order valence-electron chi connectivity index (χ2n) is 7.73. The molecule has 5 nitrogen and oxygen atoms in total. The molecule has 2 atom stereocenters. The van der Waals surface area contributed by atoms with Crippen molar-refractivity contribution in [3.63, 3.8) is 0 Å². The Bertz CT molecular complexity index is 487. The van der Waals surface area contributed by atoms with Gasteiger partial charge in [-0.2, -0.15) is 0 Å². The average Bonchev–Trinajstić information content (AvgIpc) is 3.07. The summed E-state index contributed by atoms with van der Waals surface area (Å²) in [5, 5.41) is 3.00. The molecular formula is C18H28N2O3. The Balaban J connectivity index is 1.61. The molecule has 3 amide bonds. The highest BCUT2D eigenvalue weighted by molar-refractivity contribution is 6.12. The van der Waals surface area contributed by atoms with Gasteiger partial charge in [-0.25, -0.2) is 0 Å². The smallest absolute Gasteiger partial charge is 0.253 e. The van der Waals surface area contributed by atoms with Gasteiger partial charge in [0.1, 0.15) is 0 Å². The lowest BCUT2D eigenvalue weighted by molar-refractivity contribution is -0.137. The molecule has 128 valence electrons. The van der Waals surface area contributed by atoms with Gasteiger partial charge in [0.05, 0.1) is 0 Å². The molecule has 1 fully saturated rings. The van der Waals surface area contributed by atoms with Gasteiger partial charge in [-0.15, -0.1) is 0 Å². The fourth-order valence-corrected chi connectivity index (χ4v) is 3.41. The van der Waals surface area contributed by atoms with Gasteiger partial charge in [0.15, 0.2) is 0 Å². The van der Waals surface area contributed by atoms with Crippen LogP contribution in [0.1, 0.15) is 52.9 Å². The minimum atomic E-state index is -0.238. The summed E-state index contributed by atoms with van der Waals surface area (Å²) in [7, 11) is 0. The van der Waals surface area contributed by atoms with Gasteiger partial charge < -0.3 is 5.32 Å². The molecule has 23 heavy (non-hydrogen) atoms. The molecule has 1 aliphatic carbocycles. The van der Waals surface area contributed by atoms with E-state index in [0.29, 0.717) is 25.4 Å². The molecule has 1 saturated carbocycles. The number of nitrogens with one attached hydrogen (secondary N) is 1. The van der Waals surface area contributed by atoms with Gasteiger partial charge in [-0.05, 0) is 43.4 Å². The number of amides is 3. The van der Waals surface area contributed by atoms with Crippen LogP contribution in [0.4, 0.5) is 0 Å². The zero-order chi connectivity index (χ0) is 17.0. The first-order valence-electron chi connectivity index (χ1n) is 8.60. The second kappa shape index (κ2) is 7.28. The van der Waals surface area contributed by atoms with Crippen LogP contribution in [0.25, 0.3) is 0 Å². The van der Waals surface area contributed by atoms with Crippen LogP contribution >= 0.6 is 0 Å². The zero-order valence-electron chi connectivity index (χ0n) is 14.4. The van der Waals surface area contributed by atoms with Crippen molar-refractivity contribution in [2.75, 3.05) is 13.1 Å². The highest BCUT2D eigenvalue weighted by Crippen LogP contribution is 2.42. The molecule has 0 spiro atoms.